The zero-order valence-corrected chi connectivity index (χ0v) is 14.4. The van der Waals surface area contributed by atoms with Gasteiger partial charge in [-0.1, -0.05) is 18.2 Å². The number of para-hydroxylation sites is 1. The Balaban J connectivity index is 1.81. The summed E-state index contributed by atoms with van der Waals surface area (Å²) in [7, 11) is 0. The zero-order valence-electron chi connectivity index (χ0n) is 14.4. The van der Waals surface area contributed by atoms with Gasteiger partial charge in [-0.2, -0.15) is 0 Å². The molecule has 3 rings (SSSR count). The Morgan fingerprint density at radius 1 is 1.27 bits per heavy atom. The van der Waals surface area contributed by atoms with E-state index in [9.17, 15) is 14.9 Å². The first-order valence-electron chi connectivity index (χ1n) is 8.57. The molecule has 8 heteroatoms. The summed E-state index contributed by atoms with van der Waals surface area (Å²) in [6, 6.07) is 9.22. The number of nitrogens with one attached hydrogen (secondary N) is 1. The average molecular weight is 355 g/mol. The second kappa shape index (κ2) is 7.81. The molecule has 0 aliphatic carbocycles. The molecule has 1 aromatic carbocycles. The number of pyridine rings is 1. The van der Waals surface area contributed by atoms with Gasteiger partial charge in [0.05, 0.1) is 10.5 Å². The van der Waals surface area contributed by atoms with E-state index in [4.69, 9.17) is 5.73 Å². The van der Waals surface area contributed by atoms with Crippen LogP contribution in [0.5, 0.6) is 0 Å². The minimum absolute atomic E-state index is 0.00894. The Hall–Kier alpha value is -3.16. The van der Waals surface area contributed by atoms with Gasteiger partial charge in [-0.25, -0.2) is 4.98 Å². The van der Waals surface area contributed by atoms with Crippen LogP contribution in [-0.2, 0) is 6.54 Å². The summed E-state index contributed by atoms with van der Waals surface area (Å²) in [4.78, 5) is 28.3. The number of nitrogens with zero attached hydrogens (tertiary/aromatic N) is 3. The molecule has 1 aliphatic rings. The average Bonchev–Trinajstić information content (AvgIpc) is 2.67. The third kappa shape index (κ3) is 3.90. The molecule has 0 atom stereocenters. The Morgan fingerprint density at radius 2 is 2.00 bits per heavy atom. The molecule has 1 fully saturated rings. The number of primary amides is 1. The van der Waals surface area contributed by atoms with Crippen molar-refractivity contribution in [2.24, 2.45) is 5.73 Å². The highest BCUT2D eigenvalue weighted by atomic mass is 16.6. The van der Waals surface area contributed by atoms with Crippen molar-refractivity contribution in [3.8, 4) is 0 Å². The maximum absolute atomic E-state index is 11.6. The number of nitro groups is 1. The summed E-state index contributed by atoms with van der Waals surface area (Å²) in [5.74, 6) is -0.510. The monoisotopic (exact) mass is 355 g/mol. The van der Waals surface area contributed by atoms with Crippen LogP contribution in [-0.4, -0.2) is 28.9 Å². The number of hydrogen-bond acceptors (Lipinski definition) is 6. The molecule has 1 saturated heterocycles. The Bertz CT molecular complexity index is 818. The smallest absolute Gasteiger partial charge is 0.288 e. The van der Waals surface area contributed by atoms with E-state index in [0.717, 1.165) is 36.6 Å². The number of aromatic nitrogens is 1. The minimum atomic E-state index is -0.756. The molecule has 1 amide bonds. The molecule has 3 N–H and O–H groups in total. The standard InChI is InChI=1S/C18H21N5O3/c19-17(24)15-10-14(23(25)26)12-21-18(15)20-11-13-6-2-3-7-16(13)22-8-4-1-5-9-22/h2-3,6-7,10,12H,1,4-5,8-9,11H2,(H2,19,24)(H,20,21). The largest absolute Gasteiger partial charge is 0.371 e. The number of anilines is 2. The summed E-state index contributed by atoms with van der Waals surface area (Å²) in [5, 5.41) is 14.0. The molecule has 1 aromatic heterocycles. The quantitative estimate of drug-likeness (QED) is 0.608. The second-order valence-corrected chi connectivity index (χ2v) is 6.24. The van der Waals surface area contributed by atoms with Gasteiger partial charge in [-0.05, 0) is 30.9 Å². The number of carbonyl (C=O) groups excluding carboxylic acids is 1. The van der Waals surface area contributed by atoms with E-state index in [1.807, 2.05) is 18.2 Å². The molecule has 0 spiro atoms. The lowest BCUT2D eigenvalue weighted by atomic mass is 10.1. The predicted octanol–water partition coefficient (Wildman–Crippen LogP) is 2.69. The topological polar surface area (TPSA) is 114 Å². The molecule has 2 heterocycles. The number of hydrogen-bond donors (Lipinski definition) is 2. The molecule has 0 unspecified atom stereocenters. The molecule has 136 valence electrons. The lowest BCUT2D eigenvalue weighted by Gasteiger charge is -2.30. The van der Waals surface area contributed by atoms with Gasteiger partial charge in [0.2, 0.25) is 0 Å². The van der Waals surface area contributed by atoms with Crippen LogP contribution < -0.4 is 16.0 Å². The van der Waals surface area contributed by atoms with Crippen molar-refractivity contribution in [2.75, 3.05) is 23.3 Å². The van der Waals surface area contributed by atoms with Crippen molar-refractivity contribution in [3.05, 3.63) is 57.8 Å². The van der Waals surface area contributed by atoms with E-state index < -0.39 is 10.8 Å². The Labute approximate surface area is 151 Å². The fourth-order valence-electron chi connectivity index (χ4n) is 3.16. The highest BCUT2D eigenvalue weighted by molar-refractivity contribution is 5.98. The van der Waals surface area contributed by atoms with Crippen LogP contribution in [0.4, 0.5) is 17.2 Å². The third-order valence-corrected chi connectivity index (χ3v) is 4.48. The first-order valence-corrected chi connectivity index (χ1v) is 8.57. The van der Waals surface area contributed by atoms with E-state index in [2.05, 4.69) is 21.3 Å². The van der Waals surface area contributed by atoms with Crippen LogP contribution in [0.25, 0.3) is 0 Å². The summed E-state index contributed by atoms with van der Waals surface area (Å²) >= 11 is 0. The SMILES string of the molecule is NC(=O)c1cc([N+](=O)[O-])cnc1NCc1ccccc1N1CCCCC1. The number of carbonyl (C=O) groups is 1. The van der Waals surface area contributed by atoms with E-state index in [1.54, 1.807) is 0 Å². The van der Waals surface area contributed by atoms with E-state index >= 15 is 0 Å². The first-order chi connectivity index (χ1) is 12.6. The maximum atomic E-state index is 11.6. The molecular weight excluding hydrogens is 334 g/mol. The van der Waals surface area contributed by atoms with Crippen molar-refractivity contribution >= 4 is 23.1 Å². The fourth-order valence-corrected chi connectivity index (χ4v) is 3.16. The van der Waals surface area contributed by atoms with Crippen molar-refractivity contribution in [1.29, 1.82) is 0 Å². The van der Waals surface area contributed by atoms with Gasteiger partial charge in [0.1, 0.15) is 12.0 Å². The summed E-state index contributed by atoms with van der Waals surface area (Å²) < 4.78 is 0. The maximum Gasteiger partial charge on any atom is 0.288 e. The van der Waals surface area contributed by atoms with Crippen molar-refractivity contribution in [2.45, 2.75) is 25.8 Å². The van der Waals surface area contributed by atoms with Crippen LogP contribution in [0.3, 0.4) is 0 Å². The molecule has 0 saturated carbocycles. The van der Waals surface area contributed by atoms with Crippen LogP contribution in [0.1, 0.15) is 35.2 Å². The summed E-state index contributed by atoms with van der Waals surface area (Å²) in [5.41, 5.74) is 7.32. The zero-order chi connectivity index (χ0) is 18.5. The molecule has 26 heavy (non-hydrogen) atoms. The molecule has 1 aliphatic heterocycles. The van der Waals surface area contributed by atoms with Gasteiger partial charge in [0, 0.05) is 31.4 Å². The van der Waals surface area contributed by atoms with E-state index in [0.29, 0.717) is 6.54 Å². The normalized spacial score (nSPS) is 14.1. The van der Waals surface area contributed by atoms with Gasteiger partial charge < -0.3 is 16.0 Å². The van der Waals surface area contributed by atoms with Crippen LogP contribution in [0.15, 0.2) is 36.5 Å². The van der Waals surface area contributed by atoms with Crippen molar-refractivity contribution in [3.63, 3.8) is 0 Å². The number of benzene rings is 1. The van der Waals surface area contributed by atoms with E-state index in [1.165, 1.54) is 19.3 Å². The Morgan fingerprint density at radius 3 is 2.69 bits per heavy atom. The molecule has 0 radical (unpaired) electrons. The highest BCUT2D eigenvalue weighted by Crippen LogP contribution is 2.26. The lowest BCUT2D eigenvalue weighted by molar-refractivity contribution is -0.385. The van der Waals surface area contributed by atoms with Crippen LogP contribution in [0.2, 0.25) is 0 Å². The lowest BCUT2D eigenvalue weighted by Crippen LogP contribution is -2.30. The highest BCUT2D eigenvalue weighted by Gasteiger charge is 2.18. The molecular formula is C18H21N5O3. The van der Waals surface area contributed by atoms with Crippen LogP contribution >= 0.6 is 0 Å². The summed E-state index contributed by atoms with van der Waals surface area (Å²) in [6.07, 6.45) is 4.73. The van der Waals surface area contributed by atoms with Crippen molar-refractivity contribution in [1.82, 2.24) is 4.98 Å². The third-order valence-electron chi connectivity index (χ3n) is 4.48. The predicted molar refractivity (Wildman–Crippen MR) is 99.2 cm³/mol. The molecule has 2 aromatic rings. The minimum Gasteiger partial charge on any atom is -0.371 e. The number of amides is 1. The van der Waals surface area contributed by atoms with Gasteiger partial charge >= 0.3 is 0 Å². The van der Waals surface area contributed by atoms with Gasteiger partial charge in [0.25, 0.3) is 11.6 Å². The summed E-state index contributed by atoms with van der Waals surface area (Å²) in [6.45, 7) is 2.50. The number of nitrogens with two attached hydrogens (primary N) is 1. The molecule has 0 bridgehead atoms. The second-order valence-electron chi connectivity index (χ2n) is 6.24. The van der Waals surface area contributed by atoms with Gasteiger partial charge in [-0.3, -0.25) is 14.9 Å². The van der Waals surface area contributed by atoms with E-state index in [-0.39, 0.29) is 17.1 Å². The van der Waals surface area contributed by atoms with Gasteiger partial charge in [0.15, 0.2) is 0 Å². The van der Waals surface area contributed by atoms with Crippen LogP contribution in [0, 0.1) is 10.1 Å². The molecule has 8 nitrogen and oxygen atoms in total. The Kier molecular flexibility index (Phi) is 5.31. The van der Waals surface area contributed by atoms with Crippen molar-refractivity contribution < 1.29 is 9.72 Å². The fraction of sp³-hybridized carbons (Fsp3) is 0.333. The number of piperidine rings is 1. The number of rotatable bonds is 6. The van der Waals surface area contributed by atoms with Gasteiger partial charge in [-0.15, -0.1) is 0 Å². The first kappa shape index (κ1) is 17.7.